The van der Waals surface area contributed by atoms with E-state index in [0.717, 1.165) is 23.2 Å². The van der Waals surface area contributed by atoms with Crippen LogP contribution < -0.4 is 5.32 Å². The second kappa shape index (κ2) is 10.2. The number of ether oxygens (including phenoxy) is 1. The van der Waals surface area contributed by atoms with E-state index in [1.54, 1.807) is 0 Å². The normalized spacial score (nSPS) is 16.2. The molecule has 2 aromatic carbocycles. The summed E-state index contributed by atoms with van der Waals surface area (Å²) < 4.78 is 5.90. The van der Waals surface area contributed by atoms with Crippen LogP contribution in [0, 0.1) is 19.8 Å². The maximum Gasteiger partial charge on any atom is 0.254 e. The van der Waals surface area contributed by atoms with Crippen molar-refractivity contribution in [2.75, 3.05) is 31.6 Å². The SMILES string of the molecule is Cc1cc(Nc2cccc(C(=O)N3CCOC[C@@H](Cc4cccc5cnccc45)C3)c2)nc(C)n1. The fourth-order valence-corrected chi connectivity index (χ4v) is 4.71. The summed E-state index contributed by atoms with van der Waals surface area (Å²) in [5.74, 6) is 1.65. The molecular formula is C28H29N5O2. The summed E-state index contributed by atoms with van der Waals surface area (Å²) >= 11 is 0. The Kier molecular flexibility index (Phi) is 6.68. The third-order valence-corrected chi connectivity index (χ3v) is 6.25. The van der Waals surface area contributed by atoms with Gasteiger partial charge >= 0.3 is 0 Å². The van der Waals surface area contributed by atoms with E-state index in [4.69, 9.17) is 4.74 Å². The molecule has 3 heterocycles. The highest BCUT2D eigenvalue weighted by atomic mass is 16.5. The lowest BCUT2D eigenvalue weighted by Crippen LogP contribution is -2.36. The van der Waals surface area contributed by atoms with Crippen LogP contribution in [0.25, 0.3) is 10.8 Å². The van der Waals surface area contributed by atoms with Gasteiger partial charge < -0.3 is 15.0 Å². The van der Waals surface area contributed by atoms with Crippen molar-refractivity contribution in [2.45, 2.75) is 20.3 Å². The fraction of sp³-hybridized carbons (Fsp3) is 0.286. The third-order valence-electron chi connectivity index (χ3n) is 6.25. The van der Waals surface area contributed by atoms with Gasteiger partial charge in [-0.3, -0.25) is 9.78 Å². The molecule has 5 rings (SSSR count). The number of nitrogens with one attached hydrogen (secondary N) is 1. The van der Waals surface area contributed by atoms with Crippen molar-refractivity contribution >= 4 is 28.2 Å². The third kappa shape index (κ3) is 5.46. The van der Waals surface area contributed by atoms with Crippen molar-refractivity contribution in [3.63, 3.8) is 0 Å². The van der Waals surface area contributed by atoms with Crippen LogP contribution in [0.2, 0.25) is 0 Å². The molecule has 0 saturated carbocycles. The molecule has 7 heteroatoms. The van der Waals surface area contributed by atoms with Gasteiger partial charge in [0.05, 0.1) is 13.2 Å². The molecule has 0 aliphatic carbocycles. The molecule has 1 fully saturated rings. The number of hydrogen-bond acceptors (Lipinski definition) is 6. The van der Waals surface area contributed by atoms with Crippen molar-refractivity contribution in [3.8, 4) is 0 Å². The molecule has 1 amide bonds. The van der Waals surface area contributed by atoms with E-state index in [2.05, 4.69) is 44.5 Å². The number of pyridine rings is 1. The predicted molar refractivity (Wildman–Crippen MR) is 137 cm³/mol. The van der Waals surface area contributed by atoms with Crippen molar-refractivity contribution < 1.29 is 9.53 Å². The minimum absolute atomic E-state index is 0.0151. The number of aryl methyl sites for hydroxylation is 2. The van der Waals surface area contributed by atoms with E-state index in [1.807, 2.05) is 61.5 Å². The molecule has 1 aliphatic heterocycles. The van der Waals surface area contributed by atoms with E-state index in [-0.39, 0.29) is 11.8 Å². The van der Waals surface area contributed by atoms with Gasteiger partial charge in [-0.2, -0.15) is 0 Å². The van der Waals surface area contributed by atoms with Gasteiger partial charge in [0, 0.05) is 59.8 Å². The van der Waals surface area contributed by atoms with Gasteiger partial charge in [0.25, 0.3) is 5.91 Å². The average molecular weight is 468 g/mol. The summed E-state index contributed by atoms with van der Waals surface area (Å²) in [5.41, 5.74) is 3.62. The van der Waals surface area contributed by atoms with Gasteiger partial charge in [0.15, 0.2) is 0 Å². The monoisotopic (exact) mass is 467 g/mol. The Balaban J connectivity index is 1.32. The van der Waals surface area contributed by atoms with Gasteiger partial charge in [-0.15, -0.1) is 0 Å². The summed E-state index contributed by atoms with van der Waals surface area (Å²) in [7, 11) is 0. The van der Waals surface area contributed by atoms with E-state index < -0.39 is 0 Å². The van der Waals surface area contributed by atoms with Crippen molar-refractivity contribution in [1.29, 1.82) is 0 Å². The standard InChI is InChI=1S/C28H29N5O2/c1-19-13-27(31-20(2)30-19)32-25-8-4-6-23(15-25)28(34)33-11-12-35-18-21(17-33)14-22-5-3-7-24-16-29-10-9-26(22)24/h3-10,13,15-16,21H,11-12,14,17-18H2,1-2H3,(H,30,31,32)/t21-/m0/s1. The lowest BCUT2D eigenvalue weighted by molar-refractivity contribution is 0.0737. The number of aromatic nitrogens is 3. The number of rotatable bonds is 5. The van der Waals surface area contributed by atoms with Crippen LogP contribution in [-0.2, 0) is 11.2 Å². The average Bonchev–Trinajstić information content (AvgIpc) is 3.09. The quantitative estimate of drug-likeness (QED) is 0.458. The minimum atomic E-state index is 0.0151. The molecular weight excluding hydrogens is 438 g/mol. The zero-order chi connectivity index (χ0) is 24.2. The van der Waals surface area contributed by atoms with Crippen LogP contribution >= 0.6 is 0 Å². The molecule has 4 aromatic rings. The molecule has 1 atom stereocenters. The van der Waals surface area contributed by atoms with Crippen molar-refractivity contribution in [2.24, 2.45) is 5.92 Å². The zero-order valence-corrected chi connectivity index (χ0v) is 20.1. The number of carbonyl (C=O) groups excluding carboxylic acids is 1. The summed E-state index contributed by atoms with van der Waals surface area (Å²) in [5, 5.41) is 5.64. The number of hydrogen-bond donors (Lipinski definition) is 1. The second-order valence-electron chi connectivity index (χ2n) is 9.06. The first-order valence-electron chi connectivity index (χ1n) is 11.9. The highest BCUT2D eigenvalue weighted by Gasteiger charge is 2.24. The topological polar surface area (TPSA) is 80.2 Å². The number of amides is 1. The summed E-state index contributed by atoms with van der Waals surface area (Å²) in [6, 6.07) is 17.8. The molecule has 0 spiro atoms. The zero-order valence-electron chi connectivity index (χ0n) is 20.1. The summed E-state index contributed by atoms with van der Waals surface area (Å²) in [6.07, 6.45) is 4.57. The molecule has 1 N–H and O–H groups in total. The molecule has 0 radical (unpaired) electrons. The van der Waals surface area contributed by atoms with Gasteiger partial charge in [-0.1, -0.05) is 24.3 Å². The summed E-state index contributed by atoms with van der Waals surface area (Å²) in [6.45, 7) is 6.22. The van der Waals surface area contributed by atoms with Crippen LogP contribution in [0.1, 0.15) is 27.4 Å². The predicted octanol–water partition coefficient (Wildman–Crippen LogP) is 4.72. The van der Waals surface area contributed by atoms with E-state index >= 15 is 0 Å². The lowest BCUT2D eigenvalue weighted by atomic mass is 9.95. The first-order valence-corrected chi connectivity index (χ1v) is 11.9. The molecule has 1 aliphatic rings. The number of carbonyl (C=O) groups is 1. The Morgan fingerprint density at radius 3 is 2.89 bits per heavy atom. The first kappa shape index (κ1) is 22.9. The summed E-state index contributed by atoms with van der Waals surface area (Å²) in [4.78, 5) is 28.4. The van der Waals surface area contributed by atoms with Gasteiger partial charge in [0.1, 0.15) is 11.6 Å². The number of benzene rings is 2. The number of anilines is 2. The van der Waals surface area contributed by atoms with E-state index in [9.17, 15) is 4.79 Å². The van der Waals surface area contributed by atoms with Crippen LogP contribution in [0.4, 0.5) is 11.5 Å². The maximum atomic E-state index is 13.5. The van der Waals surface area contributed by atoms with E-state index in [0.29, 0.717) is 43.5 Å². The fourth-order valence-electron chi connectivity index (χ4n) is 4.71. The van der Waals surface area contributed by atoms with Gasteiger partial charge in [-0.25, -0.2) is 9.97 Å². The Bertz CT molecular complexity index is 1330. The number of fused-ring (bicyclic) bond motifs is 1. The smallest absolute Gasteiger partial charge is 0.254 e. The Hall–Kier alpha value is -3.84. The highest BCUT2D eigenvalue weighted by molar-refractivity contribution is 5.95. The molecule has 35 heavy (non-hydrogen) atoms. The molecule has 7 nitrogen and oxygen atoms in total. The van der Waals surface area contributed by atoms with Crippen LogP contribution in [0.3, 0.4) is 0 Å². The maximum absolute atomic E-state index is 13.5. The van der Waals surface area contributed by atoms with Crippen LogP contribution in [-0.4, -0.2) is 52.1 Å². The van der Waals surface area contributed by atoms with Crippen molar-refractivity contribution in [3.05, 3.63) is 89.6 Å². The highest BCUT2D eigenvalue weighted by Crippen LogP contribution is 2.23. The van der Waals surface area contributed by atoms with E-state index in [1.165, 1.54) is 10.9 Å². The molecule has 178 valence electrons. The largest absolute Gasteiger partial charge is 0.379 e. The molecule has 0 unspecified atom stereocenters. The molecule has 2 aromatic heterocycles. The first-order chi connectivity index (χ1) is 17.0. The van der Waals surface area contributed by atoms with Crippen LogP contribution in [0.15, 0.2) is 67.0 Å². The molecule has 1 saturated heterocycles. The lowest BCUT2D eigenvalue weighted by Gasteiger charge is -2.24. The number of nitrogens with zero attached hydrogens (tertiary/aromatic N) is 4. The second-order valence-corrected chi connectivity index (χ2v) is 9.06. The Morgan fingerprint density at radius 2 is 2.00 bits per heavy atom. The minimum Gasteiger partial charge on any atom is -0.379 e. The van der Waals surface area contributed by atoms with Crippen LogP contribution in [0.5, 0.6) is 0 Å². The van der Waals surface area contributed by atoms with Gasteiger partial charge in [0.2, 0.25) is 0 Å². The van der Waals surface area contributed by atoms with Gasteiger partial charge in [-0.05, 0) is 55.5 Å². The molecule has 0 bridgehead atoms. The van der Waals surface area contributed by atoms with Crippen molar-refractivity contribution in [1.82, 2.24) is 19.9 Å². The Morgan fingerprint density at radius 1 is 1.11 bits per heavy atom. The Labute approximate surface area is 205 Å².